The largest absolute Gasteiger partial charge is 0.370 e. The van der Waals surface area contributed by atoms with Crippen LogP contribution in [0.3, 0.4) is 0 Å². The minimum Gasteiger partial charge on any atom is -0.370 e. The maximum atomic E-state index is 12.6. The summed E-state index contributed by atoms with van der Waals surface area (Å²) in [5.74, 6) is 0.679. The van der Waals surface area contributed by atoms with E-state index in [4.69, 9.17) is 0 Å². The van der Waals surface area contributed by atoms with Gasteiger partial charge in [-0.1, -0.05) is 20.8 Å². The van der Waals surface area contributed by atoms with Gasteiger partial charge in [-0.05, 0) is 31.4 Å². The lowest BCUT2D eigenvalue weighted by atomic mass is 9.88. The number of rotatable bonds is 5. The van der Waals surface area contributed by atoms with Gasteiger partial charge in [0, 0.05) is 25.8 Å². The van der Waals surface area contributed by atoms with Crippen molar-refractivity contribution in [2.24, 2.45) is 5.41 Å². The van der Waals surface area contributed by atoms with Crippen molar-refractivity contribution in [3.05, 3.63) is 18.3 Å². The van der Waals surface area contributed by atoms with Crippen LogP contribution in [-0.2, 0) is 10.0 Å². The monoisotopic (exact) mass is 299 g/mol. The Hall–Kier alpha value is -1.14. The highest BCUT2D eigenvalue weighted by atomic mass is 32.2. The molecule has 5 nitrogen and oxygen atoms in total. The highest BCUT2D eigenvalue weighted by Crippen LogP contribution is 2.27. The van der Waals surface area contributed by atoms with Gasteiger partial charge in [-0.25, -0.2) is 13.4 Å². The van der Waals surface area contributed by atoms with Crippen molar-refractivity contribution in [1.29, 1.82) is 0 Å². The first-order valence-corrected chi connectivity index (χ1v) is 8.22. The van der Waals surface area contributed by atoms with Gasteiger partial charge >= 0.3 is 0 Å². The molecule has 0 aliphatic rings. The van der Waals surface area contributed by atoms with Gasteiger partial charge in [-0.3, -0.25) is 0 Å². The summed E-state index contributed by atoms with van der Waals surface area (Å²) in [6.45, 7) is 10.7. The van der Waals surface area contributed by atoms with Gasteiger partial charge < -0.3 is 5.32 Å². The maximum absolute atomic E-state index is 12.6. The van der Waals surface area contributed by atoms with Gasteiger partial charge in [0.25, 0.3) is 0 Å². The molecule has 20 heavy (non-hydrogen) atoms. The van der Waals surface area contributed by atoms with Crippen molar-refractivity contribution >= 4 is 15.8 Å². The SMILES string of the molecule is CCNc1ccc(S(=O)(=O)N(C)C(C)C(C)(C)C)cn1. The van der Waals surface area contributed by atoms with Crippen molar-refractivity contribution in [2.75, 3.05) is 18.9 Å². The highest BCUT2D eigenvalue weighted by Gasteiger charge is 2.32. The average Bonchev–Trinajstić information content (AvgIpc) is 2.37. The van der Waals surface area contributed by atoms with E-state index >= 15 is 0 Å². The first kappa shape index (κ1) is 16.9. The second kappa shape index (κ2) is 6.10. The van der Waals surface area contributed by atoms with Crippen molar-refractivity contribution in [1.82, 2.24) is 9.29 Å². The van der Waals surface area contributed by atoms with Crippen LogP contribution in [0, 0.1) is 5.41 Å². The molecule has 1 aromatic rings. The summed E-state index contributed by atoms with van der Waals surface area (Å²) >= 11 is 0. The number of hydrogen-bond donors (Lipinski definition) is 1. The normalized spacial score (nSPS) is 14.3. The Morgan fingerprint density at radius 1 is 1.35 bits per heavy atom. The van der Waals surface area contributed by atoms with Crippen LogP contribution in [0.1, 0.15) is 34.6 Å². The number of aromatic nitrogens is 1. The van der Waals surface area contributed by atoms with Crippen LogP contribution in [0.25, 0.3) is 0 Å². The molecular weight excluding hydrogens is 274 g/mol. The van der Waals surface area contributed by atoms with Crippen LogP contribution >= 0.6 is 0 Å². The minimum absolute atomic E-state index is 0.110. The molecule has 0 fully saturated rings. The fourth-order valence-electron chi connectivity index (χ4n) is 1.74. The van der Waals surface area contributed by atoms with E-state index in [0.717, 1.165) is 6.54 Å². The Kier molecular flexibility index (Phi) is 5.15. The van der Waals surface area contributed by atoms with Crippen molar-refractivity contribution < 1.29 is 8.42 Å². The molecule has 0 bridgehead atoms. The van der Waals surface area contributed by atoms with Crippen LogP contribution in [0.15, 0.2) is 23.2 Å². The molecule has 1 aromatic heterocycles. The number of nitrogens with zero attached hydrogens (tertiary/aromatic N) is 2. The Morgan fingerprint density at radius 2 is 1.95 bits per heavy atom. The molecule has 6 heteroatoms. The predicted molar refractivity (Wildman–Crippen MR) is 82.3 cm³/mol. The Bertz CT molecular complexity index is 533. The second-order valence-corrected chi connectivity index (χ2v) is 7.97. The Balaban J connectivity index is 3.04. The molecule has 0 aromatic carbocycles. The van der Waals surface area contributed by atoms with Gasteiger partial charge in [0.15, 0.2) is 0 Å². The summed E-state index contributed by atoms with van der Waals surface area (Å²) in [7, 11) is -1.90. The molecule has 0 aliphatic carbocycles. The summed E-state index contributed by atoms with van der Waals surface area (Å²) in [5, 5.41) is 3.04. The molecule has 0 spiro atoms. The van der Waals surface area contributed by atoms with Crippen LogP contribution in [-0.4, -0.2) is 37.3 Å². The Morgan fingerprint density at radius 3 is 2.35 bits per heavy atom. The van der Waals surface area contributed by atoms with Crippen molar-refractivity contribution in [3.8, 4) is 0 Å². The number of nitrogens with one attached hydrogen (secondary N) is 1. The first-order chi connectivity index (χ1) is 9.10. The van der Waals surface area contributed by atoms with Gasteiger partial charge in [0.05, 0.1) is 0 Å². The topological polar surface area (TPSA) is 62.3 Å². The zero-order valence-electron chi connectivity index (χ0n) is 13.1. The summed E-state index contributed by atoms with van der Waals surface area (Å²) in [5.41, 5.74) is -0.126. The van der Waals surface area contributed by atoms with Gasteiger partial charge in [0.1, 0.15) is 10.7 Å². The number of sulfonamides is 1. The molecular formula is C14H25N3O2S. The molecule has 0 saturated heterocycles. The summed E-state index contributed by atoms with van der Waals surface area (Å²) in [6, 6.07) is 3.17. The maximum Gasteiger partial charge on any atom is 0.244 e. The van der Waals surface area contributed by atoms with Gasteiger partial charge in [0.2, 0.25) is 10.0 Å². The predicted octanol–water partition coefficient (Wildman–Crippen LogP) is 2.57. The summed E-state index contributed by atoms with van der Waals surface area (Å²) in [4.78, 5) is 4.34. The van der Waals surface area contributed by atoms with Crippen LogP contribution in [0.4, 0.5) is 5.82 Å². The van der Waals surface area contributed by atoms with E-state index in [1.54, 1.807) is 19.2 Å². The van der Waals surface area contributed by atoms with E-state index in [0.29, 0.717) is 5.82 Å². The van der Waals surface area contributed by atoms with E-state index in [1.165, 1.54) is 10.5 Å². The molecule has 1 unspecified atom stereocenters. The lowest BCUT2D eigenvalue weighted by Gasteiger charge is -2.34. The van der Waals surface area contributed by atoms with E-state index in [1.807, 2.05) is 34.6 Å². The standard InChI is InChI=1S/C14H25N3O2S/c1-7-15-13-9-8-12(10-16-13)20(18,19)17(6)11(2)14(3,4)5/h8-11H,7H2,1-6H3,(H,15,16). The first-order valence-electron chi connectivity index (χ1n) is 6.78. The number of hydrogen-bond acceptors (Lipinski definition) is 4. The van der Waals surface area contributed by atoms with E-state index in [2.05, 4.69) is 10.3 Å². The zero-order chi connectivity index (χ0) is 15.6. The fourth-order valence-corrected chi connectivity index (χ4v) is 3.23. The molecule has 1 atom stereocenters. The molecule has 1 N–H and O–H groups in total. The fraction of sp³-hybridized carbons (Fsp3) is 0.643. The molecule has 1 heterocycles. The minimum atomic E-state index is -3.51. The molecule has 1 rings (SSSR count). The quantitative estimate of drug-likeness (QED) is 0.907. The average molecular weight is 299 g/mol. The second-order valence-electron chi connectivity index (χ2n) is 5.97. The van der Waals surface area contributed by atoms with Crippen LogP contribution in [0.2, 0.25) is 0 Å². The van der Waals surface area contributed by atoms with Crippen molar-refractivity contribution in [3.63, 3.8) is 0 Å². The smallest absolute Gasteiger partial charge is 0.244 e. The summed E-state index contributed by atoms with van der Waals surface area (Å²) in [6.07, 6.45) is 1.40. The van der Waals surface area contributed by atoms with E-state index in [-0.39, 0.29) is 16.4 Å². The van der Waals surface area contributed by atoms with Crippen LogP contribution in [0.5, 0.6) is 0 Å². The summed E-state index contributed by atoms with van der Waals surface area (Å²) < 4.78 is 26.5. The molecule has 114 valence electrons. The molecule has 0 saturated carbocycles. The zero-order valence-corrected chi connectivity index (χ0v) is 14.0. The molecule has 0 aliphatic heterocycles. The van der Waals surface area contributed by atoms with E-state index < -0.39 is 10.0 Å². The number of anilines is 1. The van der Waals surface area contributed by atoms with Crippen LogP contribution < -0.4 is 5.32 Å². The van der Waals surface area contributed by atoms with Gasteiger partial charge in [-0.15, -0.1) is 0 Å². The highest BCUT2D eigenvalue weighted by molar-refractivity contribution is 7.89. The third-order valence-electron chi connectivity index (χ3n) is 3.57. The number of pyridine rings is 1. The third-order valence-corrected chi connectivity index (χ3v) is 5.48. The van der Waals surface area contributed by atoms with Gasteiger partial charge in [-0.2, -0.15) is 4.31 Å². The van der Waals surface area contributed by atoms with Crippen molar-refractivity contribution in [2.45, 2.75) is 45.6 Å². The Labute approximate surface area is 122 Å². The lowest BCUT2D eigenvalue weighted by Crippen LogP contribution is -2.42. The lowest BCUT2D eigenvalue weighted by molar-refractivity contribution is 0.216. The molecule has 0 radical (unpaired) electrons. The molecule has 0 amide bonds. The van der Waals surface area contributed by atoms with E-state index in [9.17, 15) is 8.42 Å². The third kappa shape index (κ3) is 3.70.